The molecule has 0 bridgehead atoms. The number of pyridine rings is 1. The van der Waals surface area contributed by atoms with Crippen molar-refractivity contribution in [3.63, 3.8) is 0 Å². The molecule has 0 saturated carbocycles. The molecule has 152 valence electrons. The molecule has 3 aromatic rings. The molecule has 0 atom stereocenters. The fourth-order valence-corrected chi connectivity index (χ4v) is 3.50. The van der Waals surface area contributed by atoms with Gasteiger partial charge in [-0.05, 0) is 56.2 Å². The maximum absolute atomic E-state index is 12.6. The minimum absolute atomic E-state index is 0.184. The number of nitrogens with one attached hydrogen (secondary N) is 2. The summed E-state index contributed by atoms with van der Waals surface area (Å²) in [6, 6.07) is 13.0. The molecule has 0 unspecified atom stereocenters. The molecule has 0 spiro atoms. The van der Waals surface area contributed by atoms with Crippen molar-refractivity contribution in [2.24, 2.45) is 5.10 Å². The molecule has 30 heavy (non-hydrogen) atoms. The van der Waals surface area contributed by atoms with E-state index in [0.29, 0.717) is 16.4 Å². The highest BCUT2D eigenvalue weighted by atomic mass is 32.1. The summed E-state index contributed by atoms with van der Waals surface area (Å²) in [5, 5.41) is 7.95. The van der Waals surface area contributed by atoms with Crippen LogP contribution in [-0.4, -0.2) is 21.8 Å². The molecule has 0 radical (unpaired) electrons. The minimum Gasteiger partial charge on any atom is -0.453 e. The Balaban J connectivity index is 1.51. The summed E-state index contributed by atoms with van der Waals surface area (Å²) in [6.45, 7) is 1.84. The van der Waals surface area contributed by atoms with Crippen LogP contribution < -0.4 is 15.5 Å². The van der Waals surface area contributed by atoms with Gasteiger partial charge in [0.05, 0.1) is 11.9 Å². The fourth-order valence-electron chi connectivity index (χ4n) is 3.33. The largest absolute Gasteiger partial charge is 0.453 e. The summed E-state index contributed by atoms with van der Waals surface area (Å²) in [4.78, 5) is 16.5. The number of fused-ring (bicyclic) bond motifs is 1. The van der Waals surface area contributed by atoms with Crippen LogP contribution in [0.25, 0.3) is 0 Å². The molecule has 1 aliphatic carbocycles. The molecule has 4 rings (SSSR count). The number of carbonyl (C=O) groups excluding carboxylic acids is 1. The molecule has 0 aliphatic heterocycles. The van der Waals surface area contributed by atoms with E-state index in [9.17, 15) is 4.79 Å². The molecule has 7 nitrogen and oxygen atoms in total. The lowest BCUT2D eigenvalue weighted by Crippen LogP contribution is -2.26. The average molecular weight is 420 g/mol. The van der Waals surface area contributed by atoms with E-state index in [0.717, 1.165) is 42.0 Å². The lowest BCUT2D eigenvalue weighted by molar-refractivity contribution is 0.0697. The third-order valence-corrected chi connectivity index (χ3v) is 4.87. The Labute approximate surface area is 179 Å². The molecule has 2 N–H and O–H groups in total. The summed E-state index contributed by atoms with van der Waals surface area (Å²) < 4.78 is 11.2. The second-order valence-corrected chi connectivity index (χ2v) is 7.18. The Hall–Kier alpha value is -3.52. The van der Waals surface area contributed by atoms with E-state index in [-0.39, 0.29) is 5.76 Å². The van der Waals surface area contributed by atoms with E-state index in [1.165, 1.54) is 6.20 Å². The number of anilines is 1. The van der Waals surface area contributed by atoms with Gasteiger partial charge < -0.3 is 14.5 Å². The zero-order valence-electron chi connectivity index (χ0n) is 16.3. The summed E-state index contributed by atoms with van der Waals surface area (Å²) >= 11 is 5.32. The zero-order chi connectivity index (χ0) is 20.9. The smallest absolute Gasteiger partial charge is 0.379 e. The van der Waals surface area contributed by atoms with E-state index < -0.39 is 5.97 Å². The standard InChI is InChI=1S/C22H20N4O3S/c1-14-19-17(25-26-22(30)24-15-7-3-2-4-8-15)10-5-11-18(19)29-20(14)21(27)28-16-9-6-12-23-13-16/h2-4,6-9,12-13H,5,10-11H2,1H3,(H2,24,26,30)/b25-17+. The van der Waals surface area contributed by atoms with Gasteiger partial charge in [-0.2, -0.15) is 5.10 Å². The van der Waals surface area contributed by atoms with Crippen LogP contribution in [0.3, 0.4) is 0 Å². The first kappa shape index (κ1) is 19.8. The van der Waals surface area contributed by atoms with E-state index in [2.05, 4.69) is 20.8 Å². The Bertz CT molecular complexity index is 1090. The van der Waals surface area contributed by atoms with Crippen molar-refractivity contribution in [2.75, 3.05) is 5.32 Å². The molecule has 0 saturated heterocycles. The van der Waals surface area contributed by atoms with Gasteiger partial charge in [-0.25, -0.2) is 4.79 Å². The lowest BCUT2D eigenvalue weighted by Gasteiger charge is -2.14. The van der Waals surface area contributed by atoms with Crippen molar-refractivity contribution in [1.29, 1.82) is 0 Å². The van der Waals surface area contributed by atoms with Crippen LogP contribution in [0.1, 0.15) is 40.3 Å². The predicted molar refractivity (Wildman–Crippen MR) is 118 cm³/mol. The van der Waals surface area contributed by atoms with Gasteiger partial charge >= 0.3 is 5.97 Å². The molecule has 0 amide bonds. The maximum Gasteiger partial charge on any atom is 0.379 e. The molecular formula is C22H20N4O3S. The molecule has 2 aromatic heterocycles. The van der Waals surface area contributed by atoms with E-state index in [1.807, 2.05) is 37.3 Å². The highest BCUT2D eigenvalue weighted by Gasteiger charge is 2.29. The van der Waals surface area contributed by atoms with E-state index in [4.69, 9.17) is 21.4 Å². The summed E-state index contributed by atoms with van der Waals surface area (Å²) in [5.41, 5.74) is 6.12. The monoisotopic (exact) mass is 420 g/mol. The lowest BCUT2D eigenvalue weighted by atomic mass is 9.93. The molecule has 0 fully saturated rings. The number of thiocarbonyl (C=S) groups is 1. The number of furan rings is 1. The number of benzene rings is 1. The second kappa shape index (κ2) is 8.87. The van der Waals surface area contributed by atoms with Crippen molar-refractivity contribution < 1.29 is 13.9 Å². The minimum atomic E-state index is -0.552. The van der Waals surface area contributed by atoms with Crippen molar-refractivity contribution in [3.8, 4) is 5.75 Å². The SMILES string of the molecule is Cc1c(C(=O)Oc2cccnc2)oc2c1/C(=N/NC(=S)Nc1ccccc1)CCC2. The van der Waals surface area contributed by atoms with E-state index >= 15 is 0 Å². The number of aromatic nitrogens is 1. The van der Waals surface area contributed by atoms with Crippen LogP contribution in [0.4, 0.5) is 5.69 Å². The Kier molecular flexibility index (Phi) is 5.85. The second-order valence-electron chi connectivity index (χ2n) is 6.78. The number of esters is 1. The van der Waals surface area contributed by atoms with Crippen molar-refractivity contribution in [2.45, 2.75) is 26.2 Å². The van der Waals surface area contributed by atoms with Crippen LogP contribution in [0.2, 0.25) is 0 Å². The van der Waals surface area contributed by atoms with Crippen LogP contribution in [0.5, 0.6) is 5.75 Å². The first-order valence-corrected chi connectivity index (χ1v) is 9.96. The fraction of sp³-hybridized carbons (Fsp3) is 0.182. The van der Waals surface area contributed by atoms with Gasteiger partial charge in [0.15, 0.2) is 5.11 Å². The molecular weight excluding hydrogens is 400 g/mol. The Morgan fingerprint density at radius 3 is 2.80 bits per heavy atom. The van der Waals surface area contributed by atoms with Gasteiger partial charge in [-0.3, -0.25) is 10.4 Å². The number of nitrogens with zero attached hydrogens (tertiary/aromatic N) is 2. The molecule has 1 aromatic carbocycles. The predicted octanol–water partition coefficient (Wildman–Crippen LogP) is 4.23. The number of hydrogen-bond donors (Lipinski definition) is 2. The van der Waals surface area contributed by atoms with Crippen molar-refractivity contribution in [3.05, 3.63) is 77.5 Å². The highest BCUT2D eigenvalue weighted by Crippen LogP contribution is 2.30. The third kappa shape index (κ3) is 4.38. The summed E-state index contributed by atoms with van der Waals surface area (Å²) in [6.07, 6.45) is 5.46. The third-order valence-electron chi connectivity index (χ3n) is 4.68. The van der Waals surface area contributed by atoms with Gasteiger partial charge in [0.25, 0.3) is 0 Å². The zero-order valence-corrected chi connectivity index (χ0v) is 17.2. The first-order valence-electron chi connectivity index (χ1n) is 9.55. The normalized spacial score (nSPS) is 14.1. The highest BCUT2D eigenvalue weighted by molar-refractivity contribution is 7.80. The van der Waals surface area contributed by atoms with Crippen molar-refractivity contribution in [1.82, 2.24) is 10.4 Å². The van der Waals surface area contributed by atoms with E-state index in [1.54, 1.807) is 18.3 Å². The first-order chi connectivity index (χ1) is 14.6. The quantitative estimate of drug-likeness (QED) is 0.371. The average Bonchev–Trinajstić information content (AvgIpc) is 3.11. The summed E-state index contributed by atoms with van der Waals surface area (Å²) in [5.74, 6) is 0.732. The van der Waals surface area contributed by atoms with Gasteiger partial charge in [0, 0.05) is 29.4 Å². The van der Waals surface area contributed by atoms with Gasteiger partial charge in [0.2, 0.25) is 5.76 Å². The number of carbonyl (C=O) groups is 1. The van der Waals surface area contributed by atoms with Gasteiger partial charge in [0.1, 0.15) is 11.5 Å². The van der Waals surface area contributed by atoms with Gasteiger partial charge in [-0.1, -0.05) is 18.2 Å². The molecule has 2 heterocycles. The number of aryl methyl sites for hydroxylation is 1. The van der Waals surface area contributed by atoms with Gasteiger partial charge in [-0.15, -0.1) is 0 Å². The molecule has 8 heteroatoms. The topological polar surface area (TPSA) is 88.8 Å². The number of hydrazone groups is 1. The van der Waals surface area contributed by atoms with Crippen LogP contribution >= 0.6 is 12.2 Å². The van der Waals surface area contributed by atoms with Crippen LogP contribution in [0.15, 0.2) is 64.4 Å². The van der Waals surface area contributed by atoms with Crippen molar-refractivity contribution >= 4 is 34.7 Å². The Morgan fingerprint density at radius 1 is 1.20 bits per heavy atom. The van der Waals surface area contributed by atoms with Crippen LogP contribution in [-0.2, 0) is 6.42 Å². The Morgan fingerprint density at radius 2 is 2.03 bits per heavy atom. The number of para-hydroxylation sites is 1. The number of rotatable bonds is 4. The number of ether oxygens (including phenoxy) is 1. The van der Waals surface area contributed by atoms with Crippen LogP contribution in [0, 0.1) is 6.92 Å². The number of hydrogen-bond acceptors (Lipinski definition) is 6. The molecule has 1 aliphatic rings. The maximum atomic E-state index is 12.6. The summed E-state index contributed by atoms with van der Waals surface area (Å²) in [7, 11) is 0.